The fraction of sp³-hybridized carbons (Fsp3) is 0.625. The molecule has 0 aromatic heterocycles. The molecule has 0 aliphatic rings. The lowest BCUT2D eigenvalue weighted by Gasteiger charge is -2.10. The van der Waals surface area contributed by atoms with Gasteiger partial charge in [0, 0.05) is 0 Å². The standard InChI is InChI=1S/C16H28/c1-13(2)9-7-10-15(5)11-8-12-16(6)14(3)4/h9,15H,3,6-8,10-12H2,1-2,4-5H3. The van der Waals surface area contributed by atoms with Crippen molar-refractivity contribution in [2.45, 2.75) is 59.8 Å². The van der Waals surface area contributed by atoms with Gasteiger partial charge in [-0.3, -0.25) is 0 Å². The molecular formula is C16H28. The third kappa shape index (κ3) is 8.52. The quantitative estimate of drug-likeness (QED) is 0.365. The predicted molar refractivity (Wildman–Crippen MR) is 75.6 cm³/mol. The number of hydrogen-bond donors (Lipinski definition) is 0. The van der Waals surface area contributed by atoms with E-state index in [1.165, 1.54) is 36.8 Å². The molecule has 0 heterocycles. The molecule has 0 N–H and O–H groups in total. The molecule has 0 fully saturated rings. The Morgan fingerprint density at radius 2 is 1.75 bits per heavy atom. The highest BCUT2D eigenvalue weighted by Gasteiger charge is 2.02. The minimum atomic E-state index is 0.827. The van der Waals surface area contributed by atoms with E-state index < -0.39 is 0 Å². The Hall–Kier alpha value is -0.780. The lowest BCUT2D eigenvalue weighted by atomic mass is 9.95. The van der Waals surface area contributed by atoms with Crippen LogP contribution in [0, 0.1) is 5.92 Å². The first-order valence-corrected chi connectivity index (χ1v) is 6.40. The average Bonchev–Trinajstić information content (AvgIpc) is 2.16. The molecular weight excluding hydrogens is 192 g/mol. The van der Waals surface area contributed by atoms with Gasteiger partial charge in [-0.1, -0.05) is 49.3 Å². The third-order valence-corrected chi connectivity index (χ3v) is 2.99. The normalized spacial score (nSPS) is 12.0. The van der Waals surface area contributed by atoms with Crippen molar-refractivity contribution in [3.05, 3.63) is 36.0 Å². The Morgan fingerprint density at radius 1 is 1.12 bits per heavy atom. The molecule has 0 heteroatoms. The molecule has 1 atom stereocenters. The van der Waals surface area contributed by atoms with Crippen LogP contribution in [0.2, 0.25) is 0 Å². The van der Waals surface area contributed by atoms with Crippen molar-refractivity contribution < 1.29 is 0 Å². The minimum Gasteiger partial charge on any atom is -0.0959 e. The second-order valence-corrected chi connectivity index (χ2v) is 5.24. The summed E-state index contributed by atoms with van der Waals surface area (Å²) in [7, 11) is 0. The highest BCUT2D eigenvalue weighted by molar-refractivity contribution is 5.22. The third-order valence-electron chi connectivity index (χ3n) is 2.99. The number of rotatable bonds is 8. The summed E-state index contributed by atoms with van der Waals surface area (Å²) in [5, 5.41) is 0. The lowest BCUT2D eigenvalue weighted by Crippen LogP contribution is -1.95. The molecule has 0 aromatic carbocycles. The zero-order valence-corrected chi connectivity index (χ0v) is 11.6. The molecule has 16 heavy (non-hydrogen) atoms. The Morgan fingerprint density at radius 3 is 2.25 bits per heavy atom. The van der Waals surface area contributed by atoms with Gasteiger partial charge in [0.05, 0.1) is 0 Å². The van der Waals surface area contributed by atoms with Gasteiger partial charge in [0.2, 0.25) is 0 Å². The predicted octanol–water partition coefficient (Wildman–Crippen LogP) is 5.67. The molecule has 0 saturated heterocycles. The number of allylic oxidation sites excluding steroid dienone is 4. The van der Waals surface area contributed by atoms with Crippen LogP contribution in [-0.4, -0.2) is 0 Å². The van der Waals surface area contributed by atoms with Crippen LogP contribution in [0.15, 0.2) is 36.0 Å². The first-order chi connectivity index (χ1) is 7.43. The topological polar surface area (TPSA) is 0 Å². The van der Waals surface area contributed by atoms with E-state index in [1.807, 2.05) is 6.92 Å². The van der Waals surface area contributed by atoms with Crippen LogP contribution in [0.5, 0.6) is 0 Å². The van der Waals surface area contributed by atoms with Crippen LogP contribution in [0.3, 0.4) is 0 Å². The molecule has 0 bridgehead atoms. The van der Waals surface area contributed by atoms with E-state index in [0.29, 0.717) is 0 Å². The molecule has 0 rings (SSSR count). The van der Waals surface area contributed by atoms with E-state index in [4.69, 9.17) is 0 Å². The Labute approximate surface area is 102 Å². The molecule has 0 aliphatic carbocycles. The first-order valence-electron chi connectivity index (χ1n) is 6.40. The largest absolute Gasteiger partial charge is 0.0959 e. The Balaban J connectivity index is 3.58. The van der Waals surface area contributed by atoms with Gasteiger partial charge in [0.25, 0.3) is 0 Å². The van der Waals surface area contributed by atoms with Gasteiger partial charge in [-0.15, -0.1) is 0 Å². The molecule has 0 spiro atoms. The van der Waals surface area contributed by atoms with Gasteiger partial charge in [0.15, 0.2) is 0 Å². The van der Waals surface area contributed by atoms with Gasteiger partial charge in [-0.25, -0.2) is 0 Å². The molecule has 0 aromatic rings. The fourth-order valence-corrected chi connectivity index (χ4v) is 1.68. The zero-order chi connectivity index (χ0) is 12.6. The summed E-state index contributed by atoms with van der Waals surface area (Å²) in [6, 6.07) is 0. The number of hydrogen-bond acceptors (Lipinski definition) is 0. The van der Waals surface area contributed by atoms with Gasteiger partial charge in [-0.2, -0.15) is 0 Å². The summed E-state index contributed by atoms with van der Waals surface area (Å²) in [5.41, 5.74) is 3.79. The Kier molecular flexibility index (Phi) is 7.97. The molecule has 0 amide bonds. The summed E-state index contributed by atoms with van der Waals surface area (Å²) < 4.78 is 0. The molecule has 1 unspecified atom stereocenters. The van der Waals surface area contributed by atoms with Crippen molar-refractivity contribution in [3.8, 4) is 0 Å². The second kappa shape index (κ2) is 8.38. The average molecular weight is 220 g/mol. The van der Waals surface area contributed by atoms with E-state index in [9.17, 15) is 0 Å². The minimum absolute atomic E-state index is 0.827. The monoisotopic (exact) mass is 220 g/mol. The van der Waals surface area contributed by atoms with Crippen molar-refractivity contribution in [1.82, 2.24) is 0 Å². The van der Waals surface area contributed by atoms with Gasteiger partial charge in [0.1, 0.15) is 0 Å². The van der Waals surface area contributed by atoms with Crippen LogP contribution in [0.1, 0.15) is 59.8 Å². The summed E-state index contributed by atoms with van der Waals surface area (Å²) in [4.78, 5) is 0. The first kappa shape index (κ1) is 15.2. The van der Waals surface area contributed by atoms with Crippen molar-refractivity contribution in [1.29, 1.82) is 0 Å². The van der Waals surface area contributed by atoms with E-state index in [1.54, 1.807) is 0 Å². The van der Waals surface area contributed by atoms with Crippen LogP contribution in [-0.2, 0) is 0 Å². The second-order valence-electron chi connectivity index (χ2n) is 5.24. The fourth-order valence-electron chi connectivity index (χ4n) is 1.68. The van der Waals surface area contributed by atoms with Crippen molar-refractivity contribution >= 4 is 0 Å². The SMILES string of the molecule is C=C(C)C(=C)CCCC(C)CCC=C(C)C. The summed E-state index contributed by atoms with van der Waals surface area (Å²) in [6.07, 6.45) is 8.55. The van der Waals surface area contributed by atoms with Crippen LogP contribution in [0.25, 0.3) is 0 Å². The van der Waals surface area contributed by atoms with E-state index in [-0.39, 0.29) is 0 Å². The molecule has 0 aliphatic heterocycles. The smallest absolute Gasteiger partial charge is 0.0282 e. The molecule has 92 valence electrons. The zero-order valence-electron chi connectivity index (χ0n) is 11.6. The Bertz CT molecular complexity index is 251. The summed E-state index contributed by atoms with van der Waals surface area (Å²) in [6.45, 7) is 16.7. The maximum atomic E-state index is 4.03. The van der Waals surface area contributed by atoms with Gasteiger partial charge < -0.3 is 0 Å². The summed E-state index contributed by atoms with van der Waals surface area (Å²) >= 11 is 0. The highest BCUT2D eigenvalue weighted by atomic mass is 14.1. The van der Waals surface area contributed by atoms with Crippen molar-refractivity contribution in [2.24, 2.45) is 5.92 Å². The van der Waals surface area contributed by atoms with Crippen LogP contribution >= 0.6 is 0 Å². The molecule has 0 radical (unpaired) electrons. The maximum Gasteiger partial charge on any atom is -0.0282 e. The van der Waals surface area contributed by atoms with E-state index in [2.05, 4.69) is 40.0 Å². The molecule has 0 saturated carbocycles. The van der Waals surface area contributed by atoms with E-state index in [0.717, 1.165) is 17.9 Å². The van der Waals surface area contributed by atoms with E-state index >= 15 is 0 Å². The van der Waals surface area contributed by atoms with Gasteiger partial charge in [-0.05, 0) is 52.4 Å². The maximum absolute atomic E-state index is 4.03. The van der Waals surface area contributed by atoms with Crippen LogP contribution < -0.4 is 0 Å². The summed E-state index contributed by atoms with van der Waals surface area (Å²) in [5.74, 6) is 0.827. The van der Waals surface area contributed by atoms with Crippen molar-refractivity contribution in [3.63, 3.8) is 0 Å². The van der Waals surface area contributed by atoms with Gasteiger partial charge >= 0.3 is 0 Å². The lowest BCUT2D eigenvalue weighted by molar-refractivity contribution is 0.479. The highest BCUT2D eigenvalue weighted by Crippen LogP contribution is 2.19. The van der Waals surface area contributed by atoms with Crippen LogP contribution in [0.4, 0.5) is 0 Å². The molecule has 0 nitrogen and oxygen atoms in total. The van der Waals surface area contributed by atoms with Crippen molar-refractivity contribution in [2.75, 3.05) is 0 Å².